The first-order valence-corrected chi connectivity index (χ1v) is 3.63. The van der Waals surface area contributed by atoms with E-state index in [4.69, 9.17) is 5.11 Å². The Labute approximate surface area is 72.3 Å². The number of hydrogen-bond acceptors (Lipinski definition) is 2. The first kappa shape index (κ1) is 7.60. The molecule has 0 bridgehead atoms. The number of H-pyrrole nitrogens is 1. The van der Waals surface area contributed by atoms with E-state index >= 15 is 0 Å². The summed E-state index contributed by atoms with van der Waals surface area (Å²) in [4.78, 5) is 24.1. The van der Waals surface area contributed by atoms with Gasteiger partial charge in [-0.25, -0.2) is 9.59 Å². The van der Waals surface area contributed by atoms with E-state index < -0.39 is 11.7 Å². The Morgan fingerprint density at radius 1 is 1.46 bits per heavy atom. The van der Waals surface area contributed by atoms with Crippen molar-refractivity contribution < 1.29 is 9.90 Å². The average Bonchev–Trinajstić information content (AvgIpc) is 2.45. The van der Waals surface area contributed by atoms with E-state index in [1.807, 2.05) is 0 Å². The molecule has 0 spiro atoms. The SMILES string of the molecule is O=C(O)c1[nH]c(=O)n2ccccc12. The van der Waals surface area contributed by atoms with Gasteiger partial charge in [0.25, 0.3) is 0 Å². The van der Waals surface area contributed by atoms with Crippen molar-refractivity contribution in [3.63, 3.8) is 0 Å². The minimum atomic E-state index is -1.13. The van der Waals surface area contributed by atoms with E-state index in [1.54, 1.807) is 18.2 Å². The van der Waals surface area contributed by atoms with Crippen molar-refractivity contribution >= 4 is 11.5 Å². The lowest BCUT2D eigenvalue weighted by Crippen LogP contribution is -2.08. The molecule has 5 nitrogen and oxygen atoms in total. The number of aromatic carboxylic acids is 1. The lowest BCUT2D eigenvalue weighted by molar-refractivity contribution is 0.0693. The number of rotatable bonds is 1. The van der Waals surface area contributed by atoms with Crippen molar-refractivity contribution in [2.75, 3.05) is 0 Å². The molecular formula is C8H6N2O3. The summed E-state index contributed by atoms with van der Waals surface area (Å²) in [5.74, 6) is -1.13. The molecule has 0 aliphatic rings. The highest BCUT2D eigenvalue weighted by atomic mass is 16.4. The minimum absolute atomic E-state index is 0.0781. The van der Waals surface area contributed by atoms with Crippen molar-refractivity contribution in [1.82, 2.24) is 9.38 Å². The number of carbonyl (C=O) groups is 1. The average molecular weight is 178 g/mol. The van der Waals surface area contributed by atoms with Gasteiger partial charge in [-0.2, -0.15) is 0 Å². The third-order valence-electron chi connectivity index (χ3n) is 1.78. The van der Waals surface area contributed by atoms with Gasteiger partial charge in [0.05, 0.1) is 5.52 Å². The quantitative estimate of drug-likeness (QED) is 0.660. The molecule has 0 aliphatic heterocycles. The van der Waals surface area contributed by atoms with Crippen LogP contribution in [-0.2, 0) is 0 Å². The van der Waals surface area contributed by atoms with Crippen LogP contribution in [-0.4, -0.2) is 20.5 Å². The first-order chi connectivity index (χ1) is 6.20. The maximum absolute atomic E-state index is 11.1. The number of carboxylic acids is 1. The summed E-state index contributed by atoms with van der Waals surface area (Å²) >= 11 is 0. The van der Waals surface area contributed by atoms with Crippen LogP contribution in [0.3, 0.4) is 0 Å². The number of fused-ring (bicyclic) bond motifs is 1. The van der Waals surface area contributed by atoms with Crippen LogP contribution in [0.2, 0.25) is 0 Å². The molecule has 0 radical (unpaired) electrons. The normalized spacial score (nSPS) is 10.5. The smallest absolute Gasteiger partial charge is 0.354 e. The summed E-state index contributed by atoms with van der Waals surface area (Å²) in [7, 11) is 0. The maximum Gasteiger partial charge on any atom is 0.354 e. The number of hydrogen-bond donors (Lipinski definition) is 2. The van der Waals surface area contributed by atoms with Gasteiger partial charge in [0.15, 0.2) is 5.69 Å². The highest BCUT2D eigenvalue weighted by molar-refractivity contribution is 5.93. The van der Waals surface area contributed by atoms with Crippen LogP contribution in [0.25, 0.3) is 5.52 Å². The van der Waals surface area contributed by atoms with E-state index in [0.717, 1.165) is 0 Å². The topological polar surface area (TPSA) is 74.6 Å². The van der Waals surface area contributed by atoms with Gasteiger partial charge in [0, 0.05) is 6.20 Å². The Balaban J connectivity index is 2.94. The van der Waals surface area contributed by atoms with Crippen LogP contribution in [0.5, 0.6) is 0 Å². The Kier molecular flexibility index (Phi) is 1.45. The summed E-state index contributed by atoms with van der Waals surface area (Å²) in [6.07, 6.45) is 1.51. The van der Waals surface area contributed by atoms with Gasteiger partial charge in [0.2, 0.25) is 0 Å². The molecule has 13 heavy (non-hydrogen) atoms. The molecule has 0 saturated carbocycles. The molecule has 2 aromatic rings. The molecule has 2 rings (SSSR count). The van der Waals surface area contributed by atoms with Gasteiger partial charge in [-0.15, -0.1) is 0 Å². The molecule has 0 fully saturated rings. The number of imidazole rings is 1. The maximum atomic E-state index is 11.1. The van der Waals surface area contributed by atoms with Gasteiger partial charge in [-0.05, 0) is 12.1 Å². The monoisotopic (exact) mass is 178 g/mol. The minimum Gasteiger partial charge on any atom is -0.477 e. The number of nitrogens with one attached hydrogen (secondary N) is 1. The Hall–Kier alpha value is -2.04. The van der Waals surface area contributed by atoms with Crippen molar-refractivity contribution in [2.24, 2.45) is 0 Å². The zero-order valence-electron chi connectivity index (χ0n) is 6.52. The van der Waals surface area contributed by atoms with E-state index in [-0.39, 0.29) is 5.69 Å². The fraction of sp³-hybridized carbons (Fsp3) is 0. The van der Waals surface area contributed by atoms with Gasteiger partial charge < -0.3 is 5.11 Å². The predicted octanol–water partition coefficient (Wildman–Crippen LogP) is 0.326. The molecule has 0 aromatic carbocycles. The molecule has 0 aliphatic carbocycles. The van der Waals surface area contributed by atoms with Gasteiger partial charge in [-0.3, -0.25) is 9.38 Å². The van der Waals surface area contributed by atoms with Crippen LogP contribution < -0.4 is 5.69 Å². The molecule has 0 unspecified atom stereocenters. The summed E-state index contributed by atoms with van der Waals surface area (Å²) < 4.78 is 1.25. The fourth-order valence-electron chi connectivity index (χ4n) is 1.22. The molecule has 2 heterocycles. The zero-order chi connectivity index (χ0) is 9.42. The van der Waals surface area contributed by atoms with Gasteiger partial charge in [0.1, 0.15) is 0 Å². The lowest BCUT2D eigenvalue weighted by Gasteiger charge is -1.90. The largest absolute Gasteiger partial charge is 0.477 e. The van der Waals surface area contributed by atoms with E-state index in [1.165, 1.54) is 10.6 Å². The standard InChI is InChI=1S/C8H6N2O3/c11-7(12)6-5-3-1-2-4-10(5)8(13)9-6/h1-4H,(H,9,13)(H,11,12). The Morgan fingerprint density at radius 2 is 2.23 bits per heavy atom. The summed E-state index contributed by atoms with van der Waals surface area (Å²) in [5.41, 5.74) is -0.140. The van der Waals surface area contributed by atoms with Crippen LogP contribution in [0.1, 0.15) is 10.5 Å². The summed E-state index contributed by atoms with van der Waals surface area (Å²) in [5, 5.41) is 8.71. The third kappa shape index (κ3) is 1.01. The second-order valence-electron chi connectivity index (χ2n) is 2.57. The molecule has 0 saturated heterocycles. The Bertz CT molecular complexity index is 523. The first-order valence-electron chi connectivity index (χ1n) is 3.63. The fourth-order valence-corrected chi connectivity index (χ4v) is 1.22. The van der Waals surface area contributed by atoms with Crippen molar-refractivity contribution in [1.29, 1.82) is 0 Å². The van der Waals surface area contributed by atoms with E-state index in [2.05, 4.69) is 4.98 Å². The lowest BCUT2D eigenvalue weighted by atomic mass is 10.3. The molecule has 66 valence electrons. The zero-order valence-corrected chi connectivity index (χ0v) is 6.52. The highest BCUT2D eigenvalue weighted by Crippen LogP contribution is 2.04. The van der Waals surface area contributed by atoms with Crippen LogP contribution in [0, 0.1) is 0 Å². The summed E-state index contributed by atoms with van der Waals surface area (Å²) in [6, 6.07) is 4.91. The van der Waals surface area contributed by atoms with Gasteiger partial charge >= 0.3 is 11.7 Å². The molecule has 0 amide bonds. The summed E-state index contributed by atoms with van der Waals surface area (Å²) in [6.45, 7) is 0. The second kappa shape index (κ2) is 2.48. The molecular weight excluding hydrogens is 172 g/mol. The third-order valence-corrected chi connectivity index (χ3v) is 1.78. The van der Waals surface area contributed by atoms with Crippen molar-refractivity contribution in [3.8, 4) is 0 Å². The van der Waals surface area contributed by atoms with Crippen molar-refractivity contribution in [3.05, 3.63) is 40.6 Å². The van der Waals surface area contributed by atoms with Crippen LogP contribution in [0.4, 0.5) is 0 Å². The number of carboxylic acid groups (broad SMARTS) is 1. The number of pyridine rings is 1. The molecule has 2 aromatic heterocycles. The predicted molar refractivity (Wildman–Crippen MR) is 45.0 cm³/mol. The van der Waals surface area contributed by atoms with Crippen LogP contribution in [0.15, 0.2) is 29.2 Å². The number of aromatic amines is 1. The van der Waals surface area contributed by atoms with E-state index in [0.29, 0.717) is 5.52 Å². The molecule has 2 N–H and O–H groups in total. The highest BCUT2D eigenvalue weighted by Gasteiger charge is 2.11. The van der Waals surface area contributed by atoms with Crippen molar-refractivity contribution in [2.45, 2.75) is 0 Å². The second-order valence-corrected chi connectivity index (χ2v) is 2.57. The van der Waals surface area contributed by atoms with Gasteiger partial charge in [-0.1, -0.05) is 6.07 Å². The van der Waals surface area contributed by atoms with E-state index in [9.17, 15) is 9.59 Å². The van der Waals surface area contributed by atoms with Crippen LogP contribution >= 0.6 is 0 Å². The number of aromatic nitrogens is 2. The molecule has 0 atom stereocenters. The molecule has 5 heteroatoms. The number of nitrogens with zero attached hydrogens (tertiary/aromatic N) is 1. The Morgan fingerprint density at radius 3 is 2.92 bits per heavy atom.